The van der Waals surface area contributed by atoms with Gasteiger partial charge in [-0.1, -0.05) is 13.8 Å². The summed E-state index contributed by atoms with van der Waals surface area (Å²) in [6.07, 6.45) is 0.923. The van der Waals surface area contributed by atoms with Crippen LogP contribution in [0.15, 0.2) is 23.1 Å². The van der Waals surface area contributed by atoms with Gasteiger partial charge in [-0.2, -0.15) is 4.31 Å². The van der Waals surface area contributed by atoms with Crippen LogP contribution in [0.25, 0.3) is 0 Å². The molecule has 8 heteroatoms. The van der Waals surface area contributed by atoms with Crippen LogP contribution in [-0.2, 0) is 19.6 Å². The lowest BCUT2D eigenvalue weighted by atomic mass is 10.2. The number of sulfonamides is 1. The van der Waals surface area contributed by atoms with E-state index in [4.69, 9.17) is 9.47 Å². The molecule has 0 heterocycles. The molecule has 0 bridgehead atoms. The Bertz CT molecular complexity index is 672. The lowest BCUT2D eigenvalue weighted by Gasteiger charge is -2.21. The number of carbonyl (C=O) groups excluding carboxylic acids is 1. The molecule has 0 aliphatic rings. The third-order valence-corrected chi connectivity index (χ3v) is 5.82. The summed E-state index contributed by atoms with van der Waals surface area (Å²) < 4.78 is 37.8. The Balaban J connectivity index is 3.02. The van der Waals surface area contributed by atoms with Gasteiger partial charge in [-0.3, -0.25) is 4.79 Å². The smallest absolute Gasteiger partial charge is 0.246 e. The van der Waals surface area contributed by atoms with E-state index in [0.29, 0.717) is 51.4 Å². The molecule has 0 aliphatic carbocycles. The molecule has 0 radical (unpaired) electrons. The Hall–Kier alpha value is -1.64. The lowest BCUT2D eigenvalue weighted by molar-refractivity contribution is -0.116. The number of rotatable bonds is 12. The minimum absolute atomic E-state index is 0.0650. The molecule has 26 heavy (non-hydrogen) atoms. The van der Waals surface area contributed by atoms with Gasteiger partial charge in [0.05, 0.1) is 6.61 Å². The van der Waals surface area contributed by atoms with Crippen molar-refractivity contribution in [1.29, 1.82) is 0 Å². The maximum absolute atomic E-state index is 12.9. The molecule has 1 aromatic carbocycles. The summed E-state index contributed by atoms with van der Waals surface area (Å²) in [6.45, 7) is 9.47. The standard InChI is InChI=1S/C18H30N2O5S/c1-5-20(6-2)26(22,23)17-14-15(11-12-16(17)25-8-4)19-18(21)10-9-13-24-7-3/h11-12,14H,5-10,13H2,1-4H3,(H,19,21). The highest BCUT2D eigenvalue weighted by Crippen LogP contribution is 2.30. The number of ether oxygens (including phenoxy) is 2. The Morgan fingerprint density at radius 2 is 1.81 bits per heavy atom. The largest absolute Gasteiger partial charge is 0.492 e. The van der Waals surface area contributed by atoms with Crippen molar-refractivity contribution in [3.8, 4) is 5.75 Å². The average Bonchev–Trinajstić information content (AvgIpc) is 2.61. The first-order valence-electron chi connectivity index (χ1n) is 9.05. The van der Waals surface area contributed by atoms with E-state index in [2.05, 4.69) is 5.32 Å². The molecule has 0 unspecified atom stereocenters. The van der Waals surface area contributed by atoms with Gasteiger partial charge >= 0.3 is 0 Å². The summed E-state index contributed by atoms with van der Waals surface area (Å²) in [5.41, 5.74) is 0.431. The van der Waals surface area contributed by atoms with Crippen LogP contribution in [0.4, 0.5) is 5.69 Å². The number of hydrogen-bond acceptors (Lipinski definition) is 5. The Kier molecular flexibility index (Phi) is 9.61. The van der Waals surface area contributed by atoms with Gasteiger partial charge in [-0.25, -0.2) is 8.42 Å². The van der Waals surface area contributed by atoms with Crippen LogP contribution in [-0.4, -0.2) is 51.5 Å². The highest BCUT2D eigenvalue weighted by Gasteiger charge is 2.26. The van der Waals surface area contributed by atoms with E-state index in [-0.39, 0.29) is 16.6 Å². The summed E-state index contributed by atoms with van der Waals surface area (Å²) in [4.78, 5) is 12.1. The molecular weight excluding hydrogens is 356 g/mol. The molecule has 148 valence electrons. The fourth-order valence-electron chi connectivity index (χ4n) is 2.47. The minimum atomic E-state index is -3.70. The van der Waals surface area contributed by atoms with Gasteiger partial charge in [0.25, 0.3) is 0 Å². The molecule has 0 spiro atoms. The van der Waals surface area contributed by atoms with Crippen molar-refractivity contribution in [2.45, 2.75) is 45.4 Å². The quantitative estimate of drug-likeness (QED) is 0.558. The number of nitrogens with zero attached hydrogens (tertiary/aromatic N) is 1. The van der Waals surface area contributed by atoms with Crippen LogP contribution in [0.1, 0.15) is 40.5 Å². The summed E-state index contributed by atoms with van der Waals surface area (Å²) in [6, 6.07) is 4.68. The zero-order valence-corrected chi connectivity index (χ0v) is 16.9. The van der Waals surface area contributed by atoms with E-state index < -0.39 is 10.0 Å². The molecule has 0 fully saturated rings. The average molecular weight is 387 g/mol. The van der Waals surface area contributed by atoms with Crippen molar-refractivity contribution in [2.75, 3.05) is 38.2 Å². The Morgan fingerprint density at radius 1 is 1.12 bits per heavy atom. The van der Waals surface area contributed by atoms with E-state index in [1.807, 2.05) is 6.92 Å². The molecule has 1 amide bonds. The SMILES string of the molecule is CCOCCCC(=O)Nc1ccc(OCC)c(S(=O)(=O)N(CC)CC)c1. The predicted molar refractivity (Wildman–Crippen MR) is 102 cm³/mol. The van der Waals surface area contributed by atoms with Gasteiger partial charge in [-0.15, -0.1) is 0 Å². The summed E-state index contributed by atoms with van der Waals surface area (Å²) in [5, 5.41) is 2.74. The van der Waals surface area contributed by atoms with E-state index in [1.54, 1.807) is 32.9 Å². The third-order valence-electron chi connectivity index (χ3n) is 3.75. The lowest BCUT2D eigenvalue weighted by Crippen LogP contribution is -2.31. The topological polar surface area (TPSA) is 84.9 Å². The molecule has 0 aliphatic heterocycles. The fourth-order valence-corrected chi connectivity index (χ4v) is 4.08. The molecule has 7 nitrogen and oxygen atoms in total. The molecule has 0 aromatic heterocycles. The van der Waals surface area contributed by atoms with Crippen LogP contribution in [0.2, 0.25) is 0 Å². The fraction of sp³-hybridized carbons (Fsp3) is 0.611. The number of nitrogens with one attached hydrogen (secondary N) is 1. The van der Waals surface area contributed by atoms with Crippen molar-refractivity contribution < 1.29 is 22.7 Å². The maximum Gasteiger partial charge on any atom is 0.246 e. The second-order valence-electron chi connectivity index (χ2n) is 5.53. The first kappa shape index (κ1) is 22.4. The molecule has 1 rings (SSSR count). The normalized spacial score (nSPS) is 11.6. The minimum Gasteiger partial charge on any atom is -0.492 e. The number of carbonyl (C=O) groups is 1. The van der Waals surface area contributed by atoms with Gasteiger partial charge in [-0.05, 0) is 38.5 Å². The van der Waals surface area contributed by atoms with Crippen LogP contribution in [0.5, 0.6) is 5.75 Å². The number of hydrogen-bond donors (Lipinski definition) is 1. The van der Waals surface area contributed by atoms with Gasteiger partial charge in [0.15, 0.2) is 0 Å². The van der Waals surface area contributed by atoms with E-state index in [9.17, 15) is 13.2 Å². The van der Waals surface area contributed by atoms with Crippen molar-refractivity contribution in [3.05, 3.63) is 18.2 Å². The van der Waals surface area contributed by atoms with Crippen molar-refractivity contribution in [1.82, 2.24) is 4.31 Å². The molecule has 1 aromatic rings. The number of amides is 1. The summed E-state index contributed by atoms with van der Waals surface area (Å²) in [7, 11) is -3.70. The van der Waals surface area contributed by atoms with Gasteiger partial charge < -0.3 is 14.8 Å². The first-order valence-corrected chi connectivity index (χ1v) is 10.5. The second kappa shape index (κ2) is 11.2. The van der Waals surface area contributed by atoms with Gasteiger partial charge in [0, 0.05) is 38.4 Å². The van der Waals surface area contributed by atoms with Gasteiger partial charge in [0.1, 0.15) is 10.6 Å². The van der Waals surface area contributed by atoms with Crippen molar-refractivity contribution >= 4 is 21.6 Å². The Labute approximate surface area is 156 Å². The number of benzene rings is 1. The van der Waals surface area contributed by atoms with Crippen molar-refractivity contribution in [3.63, 3.8) is 0 Å². The Morgan fingerprint density at radius 3 is 2.38 bits per heavy atom. The summed E-state index contributed by atoms with van der Waals surface area (Å²) in [5.74, 6) is 0.105. The molecule has 0 saturated heterocycles. The zero-order valence-electron chi connectivity index (χ0n) is 16.1. The zero-order chi connectivity index (χ0) is 19.6. The first-order chi connectivity index (χ1) is 12.4. The van der Waals surface area contributed by atoms with Crippen LogP contribution in [0, 0.1) is 0 Å². The molecular formula is C18H30N2O5S. The van der Waals surface area contributed by atoms with E-state index in [1.165, 1.54) is 10.4 Å². The van der Waals surface area contributed by atoms with E-state index in [0.717, 1.165) is 0 Å². The van der Waals surface area contributed by atoms with E-state index >= 15 is 0 Å². The number of anilines is 1. The molecule has 1 N–H and O–H groups in total. The van der Waals surface area contributed by atoms with Crippen molar-refractivity contribution in [2.24, 2.45) is 0 Å². The molecule has 0 saturated carbocycles. The highest BCUT2D eigenvalue weighted by molar-refractivity contribution is 7.89. The predicted octanol–water partition coefficient (Wildman–Crippen LogP) is 2.87. The second-order valence-corrected chi connectivity index (χ2v) is 7.44. The monoisotopic (exact) mass is 386 g/mol. The van der Waals surface area contributed by atoms with Crippen LogP contribution in [0.3, 0.4) is 0 Å². The van der Waals surface area contributed by atoms with Gasteiger partial charge in [0.2, 0.25) is 15.9 Å². The third kappa shape index (κ3) is 6.26. The summed E-state index contributed by atoms with van der Waals surface area (Å²) >= 11 is 0. The highest BCUT2D eigenvalue weighted by atomic mass is 32.2. The van der Waals surface area contributed by atoms with Crippen LogP contribution >= 0.6 is 0 Å². The maximum atomic E-state index is 12.9. The molecule has 0 atom stereocenters. The van der Waals surface area contributed by atoms with Crippen LogP contribution < -0.4 is 10.1 Å².